The SMILES string of the molecule is C/C(=N\Nc1cc(C(F)(F)F)ccc1Cl)c1ccc(-c2ccccc2)cc1. The summed E-state index contributed by atoms with van der Waals surface area (Å²) in [5.74, 6) is 0. The van der Waals surface area contributed by atoms with Crippen LogP contribution in [-0.4, -0.2) is 5.71 Å². The topological polar surface area (TPSA) is 24.4 Å². The summed E-state index contributed by atoms with van der Waals surface area (Å²) >= 11 is 5.97. The van der Waals surface area contributed by atoms with Crippen molar-refractivity contribution in [3.05, 3.63) is 88.9 Å². The molecule has 0 unspecified atom stereocenters. The molecule has 0 aliphatic rings. The molecule has 0 radical (unpaired) electrons. The van der Waals surface area contributed by atoms with Crippen molar-refractivity contribution >= 4 is 23.0 Å². The normalized spacial score (nSPS) is 12.1. The van der Waals surface area contributed by atoms with Crippen molar-refractivity contribution in [2.75, 3.05) is 5.43 Å². The summed E-state index contributed by atoms with van der Waals surface area (Å²) in [5.41, 5.74) is 5.60. The first-order valence-electron chi connectivity index (χ1n) is 8.17. The Kier molecular flexibility index (Phi) is 5.51. The minimum Gasteiger partial charge on any atom is -0.277 e. The van der Waals surface area contributed by atoms with Crippen molar-refractivity contribution in [1.29, 1.82) is 0 Å². The third-order valence-corrected chi connectivity index (χ3v) is 4.38. The minimum atomic E-state index is -4.44. The molecule has 1 N–H and O–H groups in total. The largest absolute Gasteiger partial charge is 0.416 e. The zero-order valence-electron chi connectivity index (χ0n) is 14.4. The van der Waals surface area contributed by atoms with Crippen LogP contribution in [0.3, 0.4) is 0 Å². The molecule has 0 aliphatic heterocycles. The number of nitrogens with zero attached hydrogens (tertiary/aromatic N) is 1. The Morgan fingerprint density at radius 2 is 1.52 bits per heavy atom. The summed E-state index contributed by atoms with van der Waals surface area (Å²) < 4.78 is 38.5. The lowest BCUT2D eigenvalue weighted by Crippen LogP contribution is -2.06. The molecule has 0 saturated heterocycles. The van der Waals surface area contributed by atoms with Crippen molar-refractivity contribution in [2.45, 2.75) is 13.1 Å². The van der Waals surface area contributed by atoms with Gasteiger partial charge in [-0.3, -0.25) is 5.43 Å². The lowest BCUT2D eigenvalue weighted by molar-refractivity contribution is -0.137. The zero-order chi connectivity index (χ0) is 19.4. The van der Waals surface area contributed by atoms with Crippen LogP contribution in [0.15, 0.2) is 77.9 Å². The highest BCUT2D eigenvalue weighted by molar-refractivity contribution is 6.33. The molecule has 3 aromatic carbocycles. The van der Waals surface area contributed by atoms with Gasteiger partial charge >= 0.3 is 6.18 Å². The zero-order valence-corrected chi connectivity index (χ0v) is 15.1. The Hall–Kier alpha value is -2.79. The van der Waals surface area contributed by atoms with Gasteiger partial charge in [0.05, 0.1) is 22.0 Å². The number of alkyl halides is 3. The van der Waals surface area contributed by atoms with Crippen LogP contribution < -0.4 is 5.43 Å². The van der Waals surface area contributed by atoms with Gasteiger partial charge in [0.2, 0.25) is 0 Å². The van der Waals surface area contributed by atoms with E-state index >= 15 is 0 Å². The molecular weight excluding hydrogens is 373 g/mol. The first-order chi connectivity index (χ1) is 12.8. The van der Waals surface area contributed by atoms with Crippen LogP contribution in [-0.2, 0) is 6.18 Å². The van der Waals surface area contributed by atoms with E-state index in [1.165, 1.54) is 6.07 Å². The van der Waals surface area contributed by atoms with Gasteiger partial charge in [0.15, 0.2) is 0 Å². The van der Waals surface area contributed by atoms with Gasteiger partial charge in [-0.15, -0.1) is 0 Å². The first-order valence-corrected chi connectivity index (χ1v) is 8.55. The highest BCUT2D eigenvalue weighted by Crippen LogP contribution is 2.33. The van der Waals surface area contributed by atoms with Crippen LogP contribution in [0.2, 0.25) is 5.02 Å². The minimum absolute atomic E-state index is 0.103. The molecule has 0 aromatic heterocycles. The first kappa shape index (κ1) is 19.0. The van der Waals surface area contributed by atoms with Crippen LogP contribution in [0.4, 0.5) is 18.9 Å². The summed E-state index contributed by atoms with van der Waals surface area (Å²) in [6, 6.07) is 20.8. The highest BCUT2D eigenvalue weighted by atomic mass is 35.5. The predicted octanol–water partition coefficient (Wildman–Crippen LogP) is 6.86. The highest BCUT2D eigenvalue weighted by Gasteiger charge is 2.30. The number of halogens is 4. The summed E-state index contributed by atoms with van der Waals surface area (Å²) in [5, 5.41) is 4.33. The van der Waals surface area contributed by atoms with E-state index in [1.807, 2.05) is 54.6 Å². The average molecular weight is 389 g/mol. The molecule has 0 aliphatic carbocycles. The lowest BCUT2D eigenvalue weighted by Gasteiger charge is -2.11. The van der Waals surface area contributed by atoms with E-state index in [-0.39, 0.29) is 10.7 Å². The van der Waals surface area contributed by atoms with Crippen LogP contribution >= 0.6 is 11.6 Å². The van der Waals surface area contributed by atoms with Gasteiger partial charge in [-0.05, 0) is 41.8 Å². The molecule has 2 nitrogen and oxygen atoms in total. The Bertz CT molecular complexity index is 949. The second-order valence-electron chi connectivity index (χ2n) is 5.94. The Morgan fingerprint density at radius 1 is 0.889 bits per heavy atom. The van der Waals surface area contributed by atoms with Gasteiger partial charge in [0, 0.05) is 0 Å². The molecule has 0 spiro atoms. The smallest absolute Gasteiger partial charge is 0.277 e. The molecule has 3 rings (SSSR count). The molecular formula is C21H16ClF3N2. The maximum absolute atomic E-state index is 12.8. The number of benzene rings is 3. The van der Waals surface area contributed by atoms with E-state index in [9.17, 15) is 13.2 Å². The van der Waals surface area contributed by atoms with Crippen molar-refractivity contribution in [3.63, 3.8) is 0 Å². The number of hydrazone groups is 1. The number of rotatable bonds is 4. The third kappa shape index (κ3) is 4.68. The molecule has 6 heteroatoms. The lowest BCUT2D eigenvalue weighted by atomic mass is 10.0. The van der Waals surface area contributed by atoms with Gasteiger partial charge in [-0.25, -0.2) is 0 Å². The maximum atomic E-state index is 12.8. The van der Waals surface area contributed by atoms with Gasteiger partial charge in [0.25, 0.3) is 0 Å². The van der Waals surface area contributed by atoms with Crippen LogP contribution in [0.5, 0.6) is 0 Å². The fourth-order valence-electron chi connectivity index (χ4n) is 2.53. The molecule has 0 fully saturated rings. The van der Waals surface area contributed by atoms with Crippen molar-refractivity contribution < 1.29 is 13.2 Å². The second-order valence-corrected chi connectivity index (χ2v) is 6.35. The monoisotopic (exact) mass is 388 g/mol. The Balaban J connectivity index is 1.78. The van der Waals surface area contributed by atoms with Crippen molar-refractivity contribution in [1.82, 2.24) is 0 Å². The van der Waals surface area contributed by atoms with Crippen molar-refractivity contribution in [2.24, 2.45) is 5.10 Å². The van der Waals surface area contributed by atoms with Crippen LogP contribution in [0, 0.1) is 0 Å². The molecule has 0 heterocycles. The quantitative estimate of drug-likeness (QED) is 0.383. The summed E-state index contributed by atoms with van der Waals surface area (Å²) in [4.78, 5) is 0. The Labute approximate surface area is 160 Å². The summed E-state index contributed by atoms with van der Waals surface area (Å²) in [6.45, 7) is 1.77. The number of anilines is 1. The second kappa shape index (κ2) is 7.84. The van der Waals surface area contributed by atoms with Gasteiger partial charge in [-0.2, -0.15) is 18.3 Å². The Morgan fingerprint density at radius 3 is 2.15 bits per heavy atom. The molecule has 0 bridgehead atoms. The standard InChI is InChI=1S/C21H16ClF3N2/c1-14(15-7-9-17(10-8-15)16-5-3-2-4-6-16)26-27-20-13-18(21(23,24)25)11-12-19(20)22/h2-13,27H,1H3/b26-14+. The molecule has 0 atom stereocenters. The van der Waals surface area contributed by atoms with Gasteiger partial charge in [0.1, 0.15) is 0 Å². The van der Waals surface area contributed by atoms with E-state index < -0.39 is 11.7 Å². The average Bonchev–Trinajstić information content (AvgIpc) is 2.67. The molecule has 0 amide bonds. The van der Waals surface area contributed by atoms with E-state index in [0.29, 0.717) is 5.71 Å². The van der Waals surface area contributed by atoms with E-state index in [1.54, 1.807) is 6.92 Å². The molecule has 3 aromatic rings. The van der Waals surface area contributed by atoms with E-state index in [0.717, 1.165) is 28.8 Å². The van der Waals surface area contributed by atoms with E-state index in [2.05, 4.69) is 10.5 Å². The summed E-state index contributed by atoms with van der Waals surface area (Å²) in [6.07, 6.45) is -4.44. The van der Waals surface area contributed by atoms with Crippen LogP contribution in [0.25, 0.3) is 11.1 Å². The number of nitrogens with one attached hydrogen (secondary N) is 1. The molecule has 27 heavy (non-hydrogen) atoms. The van der Waals surface area contributed by atoms with Crippen molar-refractivity contribution in [3.8, 4) is 11.1 Å². The maximum Gasteiger partial charge on any atom is 0.416 e. The van der Waals surface area contributed by atoms with Gasteiger partial charge < -0.3 is 0 Å². The molecule has 0 saturated carbocycles. The third-order valence-electron chi connectivity index (χ3n) is 4.05. The van der Waals surface area contributed by atoms with Crippen LogP contribution in [0.1, 0.15) is 18.1 Å². The van der Waals surface area contributed by atoms with Gasteiger partial charge in [-0.1, -0.05) is 66.2 Å². The predicted molar refractivity (Wildman–Crippen MR) is 104 cm³/mol. The number of hydrogen-bond donors (Lipinski definition) is 1. The number of hydrogen-bond acceptors (Lipinski definition) is 2. The fraction of sp³-hybridized carbons (Fsp3) is 0.0952. The molecule has 138 valence electrons. The summed E-state index contributed by atoms with van der Waals surface area (Å²) in [7, 11) is 0. The van der Waals surface area contributed by atoms with E-state index in [4.69, 9.17) is 11.6 Å². The fourth-order valence-corrected chi connectivity index (χ4v) is 2.69.